The Hall–Kier alpha value is -3.39. The number of nitrogens with zero attached hydrogens (tertiary/aromatic N) is 1. The zero-order valence-electron chi connectivity index (χ0n) is 25.7. The maximum absolute atomic E-state index is 12.6. The predicted molar refractivity (Wildman–Crippen MR) is 162 cm³/mol. The highest BCUT2D eigenvalue weighted by Gasteiger charge is 2.25. The molecular weight excluding hydrogens is 494 g/mol. The molecule has 0 aromatic rings. The van der Waals surface area contributed by atoms with Crippen LogP contribution in [0.4, 0.5) is 4.79 Å². The second-order valence-corrected chi connectivity index (χ2v) is 9.70. The van der Waals surface area contributed by atoms with Crippen molar-refractivity contribution in [1.82, 2.24) is 15.7 Å². The minimum absolute atomic E-state index is 0.184. The zero-order chi connectivity index (χ0) is 31.0. The van der Waals surface area contributed by atoms with Gasteiger partial charge in [0.25, 0.3) is 0 Å². The molecule has 0 heterocycles. The Morgan fingerprint density at radius 2 is 1.62 bits per heavy atom. The summed E-state index contributed by atoms with van der Waals surface area (Å²) < 4.78 is 5.33. The minimum atomic E-state index is -0.709. The number of allylic oxidation sites excluding steroid dienone is 8. The number of nitrogens with one attached hydrogen (secondary N) is 2. The first kappa shape index (κ1) is 40.1. The van der Waals surface area contributed by atoms with Gasteiger partial charge in [0.2, 0.25) is 11.8 Å². The Balaban J connectivity index is -0.00000165. The summed E-state index contributed by atoms with van der Waals surface area (Å²) in [7, 11) is 3.34. The van der Waals surface area contributed by atoms with Gasteiger partial charge in [0.1, 0.15) is 11.6 Å². The van der Waals surface area contributed by atoms with Crippen LogP contribution in [-0.2, 0) is 14.3 Å². The number of hydrogen-bond acceptors (Lipinski definition) is 5. The van der Waals surface area contributed by atoms with Gasteiger partial charge >= 0.3 is 6.09 Å². The SMILES string of the molecule is C=C.C=C(/C=C\C(=C/C)C[C@H](NC(=O)OC(C)(C)C)C(=O)N(C)C)C/C=C\C(=C/CC)CCC.CC(=O)NO. The molecule has 0 bridgehead atoms. The number of carbonyl (C=O) groups is 3. The van der Waals surface area contributed by atoms with Crippen LogP contribution in [0.3, 0.4) is 0 Å². The lowest BCUT2D eigenvalue weighted by molar-refractivity contribution is -0.131. The molecule has 0 fully saturated rings. The van der Waals surface area contributed by atoms with E-state index in [1.54, 1.807) is 34.9 Å². The number of amides is 3. The molecule has 0 saturated heterocycles. The van der Waals surface area contributed by atoms with Gasteiger partial charge < -0.3 is 15.0 Å². The van der Waals surface area contributed by atoms with E-state index in [-0.39, 0.29) is 5.91 Å². The van der Waals surface area contributed by atoms with Crippen LogP contribution in [0, 0.1) is 0 Å². The van der Waals surface area contributed by atoms with Gasteiger partial charge in [-0.2, -0.15) is 0 Å². The van der Waals surface area contributed by atoms with Gasteiger partial charge in [-0.3, -0.25) is 14.8 Å². The lowest BCUT2D eigenvalue weighted by Gasteiger charge is -2.25. The van der Waals surface area contributed by atoms with E-state index in [1.807, 2.05) is 25.2 Å². The Bertz CT molecular complexity index is 862. The standard InChI is InChI=1S/C27H44N2O3.C2H5NO2.C2H4/c1-10-14-23(15-11-2)17-13-16-21(4)18-19-22(12-3)20-24(25(30)29(8)9)28-26(31)32-27(5,6)7;1-2(4)3-5;1-2/h12-14,17-19,24H,4,10-11,15-16,20H2,1-3,5-9H3,(H,28,31);5H,1H3,(H,3,4);1-2H2/b17-13-,19-18-,22-12+,23-14-;;/t24-;;/m0../s1. The van der Waals surface area contributed by atoms with Gasteiger partial charge in [0.15, 0.2) is 0 Å². The number of likely N-dealkylation sites (N-methyl/N-ethyl adjacent to an activating group) is 1. The minimum Gasteiger partial charge on any atom is -0.444 e. The number of alkyl carbamates (subject to hydrolysis) is 1. The average Bonchev–Trinajstić information content (AvgIpc) is 2.85. The van der Waals surface area contributed by atoms with E-state index in [9.17, 15) is 14.4 Å². The molecule has 0 aliphatic rings. The smallest absolute Gasteiger partial charge is 0.408 e. The van der Waals surface area contributed by atoms with Crippen LogP contribution < -0.4 is 10.8 Å². The molecule has 3 N–H and O–H groups in total. The van der Waals surface area contributed by atoms with Crippen LogP contribution in [0.1, 0.15) is 80.6 Å². The topological polar surface area (TPSA) is 108 Å². The van der Waals surface area contributed by atoms with E-state index in [2.05, 4.69) is 57.1 Å². The number of carbonyl (C=O) groups excluding carboxylic acids is 3. The van der Waals surface area contributed by atoms with Crippen LogP contribution in [-0.4, -0.2) is 53.8 Å². The van der Waals surface area contributed by atoms with Crippen LogP contribution in [0.2, 0.25) is 0 Å². The largest absolute Gasteiger partial charge is 0.444 e. The Labute approximate surface area is 237 Å². The summed E-state index contributed by atoms with van der Waals surface area (Å²) in [6.45, 7) is 23.0. The maximum Gasteiger partial charge on any atom is 0.408 e. The first-order valence-corrected chi connectivity index (χ1v) is 13.2. The van der Waals surface area contributed by atoms with Crippen molar-refractivity contribution >= 4 is 17.9 Å². The molecular formula is C31H53N3O5. The molecule has 8 heteroatoms. The van der Waals surface area contributed by atoms with Gasteiger partial charge in [-0.25, -0.2) is 10.3 Å². The molecule has 0 spiro atoms. The average molecular weight is 548 g/mol. The van der Waals surface area contributed by atoms with Gasteiger partial charge in [-0.15, -0.1) is 13.2 Å². The van der Waals surface area contributed by atoms with Gasteiger partial charge in [-0.1, -0.05) is 74.4 Å². The molecule has 0 aromatic carbocycles. The molecule has 1 atom stereocenters. The fourth-order valence-electron chi connectivity index (χ4n) is 2.94. The molecule has 39 heavy (non-hydrogen) atoms. The van der Waals surface area contributed by atoms with Gasteiger partial charge in [0.05, 0.1) is 0 Å². The highest BCUT2D eigenvalue weighted by Crippen LogP contribution is 2.15. The van der Waals surface area contributed by atoms with Gasteiger partial charge in [-0.05, 0) is 52.5 Å². The van der Waals surface area contributed by atoms with E-state index in [1.165, 1.54) is 22.9 Å². The van der Waals surface area contributed by atoms with E-state index >= 15 is 0 Å². The Morgan fingerprint density at radius 1 is 1.05 bits per heavy atom. The third-order valence-corrected chi connectivity index (χ3v) is 4.65. The zero-order valence-corrected chi connectivity index (χ0v) is 25.7. The Morgan fingerprint density at radius 3 is 2.03 bits per heavy atom. The lowest BCUT2D eigenvalue weighted by atomic mass is 10.0. The molecule has 0 aliphatic heterocycles. The number of rotatable bonds is 12. The summed E-state index contributed by atoms with van der Waals surface area (Å²) in [4.78, 5) is 35.8. The van der Waals surface area contributed by atoms with Crippen molar-refractivity contribution < 1.29 is 24.3 Å². The third kappa shape index (κ3) is 24.7. The van der Waals surface area contributed by atoms with Crippen molar-refractivity contribution in [2.75, 3.05) is 14.1 Å². The second kappa shape index (κ2) is 23.7. The second-order valence-electron chi connectivity index (χ2n) is 9.70. The normalized spacial score (nSPS) is 12.5. The van der Waals surface area contributed by atoms with Crippen molar-refractivity contribution in [2.45, 2.75) is 92.2 Å². The first-order chi connectivity index (χ1) is 18.2. The van der Waals surface area contributed by atoms with E-state index in [0.29, 0.717) is 6.42 Å². The quantitative estimate of drug-likeness (QED) is 0.108. The molecule has 0 rings (SSSR count). The molecule has 0 unspecified atom stereocenters. The molecule has 222 valence electrons. The summed E-state index contributed by atoms with van der Waals surface area (Å²) in [5.74, 6) is -0.624. The molecule has 8 nitrogen and oxygen atoms in total. The lowest BCUT2D eigenvalue weighted by Crippen LogP contribution is -2.47. The molecule has 0 saturated carbocycles. The number of ether oxygens (including phenoxy) is 1. The van der Waals surface area contributed by atoms with Crippen molar-refractivity contribution in [2.24, 2.45) is 0 Å². The first-order valence-electron chi connectivity index (χ1n) is 13.2. The highest BCUT2D eigenvalue weighted by atomic mass is 16.6. The van der Waals surface area contributed by atoms with Crippen molar-refractivity contribution in [3.63, 3.8) is 0 Å². The highest BCUT2D eigenvalue weighted by molar-refractivity contribution is 5.85. The number of hydroxylamine groups is 1. The monoisotopic (exact) mass is 547 g/mol. The fraction of sp³-hybridized carbons (Fsp3) is 0.516. The van der Waals surface area contributed by atoms with E-state index < -0.39 is 23.6 Å². The van der Waals surface area contributed by atoms with Crippen molar-refractivity contribution in [3.8, 4) is 0 Å². The van der Waals surface area contributed by atoms with Crippen LogP contribution in [0.15, 0.2) is 72.9 Å². The van der Waals surface area contributed by atoms with Crippen LogP contribution in [0.5, 0.6) is 0 Å². The van der Waals surface area contributed by atoms with Crippen LogP contribution in [0.25, 0.3) is 0 Å². The predicted octanol–water partition coefficient (Wildman–Crippen LogP) is 6.81. The summed E-state index contributed by atoms with van der Waals surface area (Å²) in [5, 5.41) is 10.3. The van der Waals surface area contributed by atoms with E-state index in [4.69, 9.17) is 9.94 Å². The molecule has 0 aliphatic carbocycles. The maximum atomic E-state index is 12.6. The third-order valence-electron chi connectivity index (χ3n) is 4.65. The summed E-state index contributed by atoms with van der Waals surface area (Å²) in [6, 6.07) is -0.709. The Kier molecular flexibility index (Phi) is 24.4. The molecule has 0 aromatic heterocycles. The fourth-order valence-corrected chi connectivity index (χ4v) is 2.94. The molecule has 0 radical (unpaired) electrons. The summed E-state index contributed by atoms with van der Waals surface area (Å²) in [6.07, 6.45) is 16.2. The summed E-state index contributed by atoms with van der Waals surface area (Å²) in [5.41, 5.74) is 4.03. The summed E-state index contributed by atoms with van der Waals surface area (Å²) >= 11 is 0. The van der Waals surface area contributed by atoms with Gasteiger partial charge in [0, 0.05) is 27.4 Å². The molecule has 3 amide bonds. The van der Waals surface area contributed by atoms with Crippen molar-refractivity contribution in [3.05, 3.63) is 72.9 Å². The van der Waals surface area contributed by atoms with Crippen molar-refractivity contribution in [1.29, 1.82) is 0 Å². The van der Waals surface area contributed by atoms with E-state index in [0.717, 1.165) is 36.8 Å². The van der Waals surface area contributed by atoms with Crippen LogP contribution >= 0.6 is 0 Å². The number of hydrogen-bond donors (Lipinski definition) is 3.